The zero-order chi connectivity index (χ0) is 19.2. The van der Waals surface area contributed by atoms with Gasteiger partial charge in [-0.1, -0.05) is 11.2 Å². The third-order valence-corrected chi connectivity index (χ3v) is 5.78. The summed E-state index contributed by atoms with van der Waals surface area (Å²) in [5.74, 6) is 1.57. The summed E-state index contributed by atoms with van der Waals surface area (Å²) >= 11 is 1.61. The first kappa shape index (κ1) is 18.8. The first-order valence-electron chi connectivity index (χ1n) is 9.62. The van der Waals surface area contributed by atoms with Gasteiger partial charge in [0.05, 0.1) is 4.88 Å². The van der Waals surface area contributed by atoms with Gasteiger partial charge in [-0.05, 0) is 30.5 Å². The van der Waals surface area contributed by atoms with E-state index in [1.165, 1.54) is 0 Å². The smallest absolute Gasteiger partial charge is 0.227 e. The van der Waals surface area contributed by atoms with E-state index in [-0.39, 0.29) is 5.91 Å². The first-order chi connectivity index (χ1) is 13.8. The molecule has 0 bridgehead atoms. The van der Waals surface area contributed by atoms with Crippen LogP contribution in [0.15, 0.2) is 40.5 Å². The van der Waals surface area contributed by atoms with Gasteiger partial charge in [0.25, 0.3) is 0 Å². The van der Waals surface area contributed by atoms with Crippen LogP contribution in [-0.4, -0.2) is 68.4 Å². The summed E-state index contributed by atoms with van der Waals surface area (Å²) in [7, 11) is 0. The molecule has 0 N–H and O–H groups in total. The molecule has 0 aliphatic carbocycles. The number of thiophene rings is 1. The zero-order valence-corrected chi connectivity index (χ0v) is 16.6. The second kappa shape index (κ2) is 9.11. The molecule has 4 rings (SSSR count). The van der Waals surface area contributed by atoms with Gasteiger partial charge in [-0.3, -0.25) is 14.4 Å². The molecule has 1 saturated heterocycles. The Hall–Kier alpha value is -2.52. The molecular weight excluding hydrogens is 376 g/mol. The number of aryl methyl sites for hydroxylation is 2. The molecule has 0 saturated carbocycles. The average molecular weight is 401 g/mol. The van der Waals surface area contributed by atoms with Gasteiger partial charge in [-0.2, -0.15) is 10.1 Å². The maximum Gasteiger partial charge on any atom is 0.227 e. The van der Waals surface area contributed by atoms with Crippen LogP contribution in [0.4, 0.5) is 0 Å². The molecule has 4 heterocycles. The minimum absolute atomic E-state index is 0.210. The predicted molar refractivity (Wildman–Crippen MR) is 106 cm³/mol. The quantitative estimate of drug-likeness (QED) is 0.576. The van der Waals surface area contributed by atoms with E-state index in [2.05, 4.69) is 20.1 Å². The molecule has 0 atom stereocenters. The lowest BCUT2D eigenvalue weighted by molar-refractivity contribution is -0.133. The summed E-state index contributed by atoms with van der Waals surface area (Å²) in [5.41, 5.74) is 0. The summed E-state index contributed by atoms with van der Waals surface area (Å²) in [6, 6.07) is 5.85. The molecule has 0 spiro atoms. The number of rotatable bonds is 8. The van der Waals surface area contributed by atoms with Crippen molar-refractivity contribution in [3.8, 4) is 10.7 Å². The van der Waals surface area contributed by atoms with Gasteiger partial charge >= 0.3 is 0 Å². The molecular formula is C19H24N6O2S. The molecule has 0 radical (unpaired) electrons. The minimum atomic E-state index is 0.210. The Morgan fingerprint density at radius 3 is 2.82 bits per heavy atom. The lowest BCUT2D eigenvalue weighted by atomic mass is 10.2. The van der Waals surface area contributed by atoms with Crippen molar-refractivity contribution in [2.24, 2.45) is 0 Å². The van der Waals surface area contributed by atoms with Gasteiger partial charge in [0.2, 0.25) is 17.6 Å². The third kappa shape index (κ3) is 4.85. The number of carbonyl (C=O) groups is 1. The Morgan fingerprint density at radius 1 is 1.18 bits per heavy atom. The topological polar surface area (TPSA) is 80.3 Å². The summed E-state index contributed by atoms with van der Waals surface area (Å²) in [5, 5.41) is 10.2. The summed E-state index contributed by atoms with van der Waals surface area (Å²) in [4.78, 5) is 22.2. The van der Waals surface area contributed by atoms with E-state index in [0.717, 1.165) is 50.4 Å². The van der Waals surface area contributed by atoms with Gasteiger partial charge < -0.3 is 9.42 Å². The highest BCUT2D eigenvalue weighted by atomic mass is 32.1. The van der Waals surface area contributed by atoms with Crippen LogP contribution in [0.25, 0.3) is 10.7 Å². The Kier molecular flexibility index (Phi) is 6.13. The fourth-order valence-corrected chi connectivity index (χ4v) is 3.99. The second-order valence-electron chi connectivity index (χ2n) is 6.83. The fourth-order valence-electron chi connectivity index (χ4n) is 3.34. The first-order valence-corrected chi connectivity index (χ1v) is 10.5. The SMILES string of the molecule is O=C(CCn1cccn1)N1CCN(CCCc2nc(-c3cccs3)no2)CC1. The normalized spacial score (nSPS) is 15.2. The van der Waals surface area contributed by atoms with E-state index in [1.807, 2.05) is 34.7 Å². The van der Waals surface area contributed by atoms with Crippen LogP contribution in [0.5, 0.6) is 0 Å². The van der Waals surface area contributed by atoms with E-state index >= 15 is 0 Å². The van der Waals surface area contributed by atoms with E-state index in [1.54, 1.807) is 22.2 Å². The zero-order valence-electron chi connectivity index (χ0n) is 15.7. The van der Waals surface area contributed by atoms with Crippen molar-refractivity contribution in [1.29, 1.82) is 0 Å². The molecule has 0 aromatic carbocycles. The molecule has 8 nitrogen and oxygen atoms in total. The second-order valence-corrected chi connectivity index (χ2v) is 7.78. The van der Waals surface area contributed by atoms with Crippen LogP contribution in [0.3, 0.4) is 0 Å². The van der Waals surface area contributed by atoms with Crippen LogP contribution in [0.1, 0.15) is 18.7 Å². The minimum Gasteiger partial charge on any atom is -0.340 e. The third-order valence-electron chi connectivity index (χ3n) is 4.91. The lowest BCUT2D eigenvalue weighted by Crippen LogP contribution is -2.49. The molecule has 3 aromatic rings. The van der Waals surface area contributed by atoms with E-state index in [4.69, 9.17) is 4.52 Å². The Bertz CT molecular complexity index is 853. The lowest BCUT2D eigenvalue weighted by Gasteiger charge is -2.34. The molecule has 28 heavy (non-hydrogen) atoms. The number of piperazine rings is 1. The molecule has 0 unspecified atom stereocenters. The van der Waals surface area contributed by atoms with Crippen molar-refractivity contribution in [2.45, 2.75) is 25.8 Å². The van der Waals surface area contributed by atoms with E-state index < -0.39 is 0 Å². The van der Waals surface area contributed by atoms with Gasteiger partial charge in [0.15, 0.2) is 0 Å². The van der Waals surface area contributed by atoms with Crippen molar-refractivity contribution in [1.82, 2.24) is 29.7 Å². The number of carbonyl (C=O) groups excluding carboxylic acids is 1. The largest absolute Gasteiger partial charge is 0.340 e. The number of hydrogen-bond acceptors (Lipinski definition) is 7. The van der Waals surface area contributed by atoms with Crippen LogP contribution >= 0.6 is 11.3 Å². The Morgan fingerprint density at radius 2 is 2.07 bits per heavy atom. The summed E-state index contributed by atoms with van der Waals surface area (Å²) in [6.45, 7) is 5.04. The average Bonchev–Trinajstić information content (AvgIpc) is 3.49. The number of nitrogens with zero attached hydrogens (tertiary/aromatic N) is 6. The molecule has 9 heteroatoms. The highest BCUT2D eigenvalue weighted by molar-refractivity contribution is 7.13. The Balaban J connectivity index is 1.14. The Labute approximate surface area is 167 Å². The van der Waals surface area contributed by atoms with Crippen LogP contribution in [0.2, 0.25) is 0 Å². The molecule has 1 fully saturated rings. The van der Waals surface area contributed by atoms with E-state index in [0.29, 0.717) is 24.7 Å². The number of hydrogen-bond donors (Lipinski definition) is 0. The van der Waals surface area contributed by atoms with Crippen molar-refractivity contribution in [3.63, 3.8) is 0 Å². The van der Waals surface area contributed by atoms with E-state index in [9.17, 15) is 4.79 Å². The maximum absolute atomic E-state index is 12.3. The van der Waals surface area contributed by atoms with Gasteiger partial charge in [0.1, 0.15) is 0 Å². The molecule has 3 aromatic heterocycles. The molecule has 1 aliphatic rings. The summed E-state index contributed by atoms with van der Waals surface area (Å²) < 4.78 is 7.15. The molecule has 1 aliphatic heterocycles. The molecule has 1 amide bonds. The fraction of sp³-hybridized carbons (Fsp3) is 0.474. The highest BCUT2D eigenvalue weighted by Crippen LogP contribution is 2.21. The maximum atomic E-state index is 12.3. The predicted octanol–water partition coefficient (Wildman–Crippen LogP) is 2.16. The van der Waals surface area contributed by atoms with Gasteiger partial charge in [-0.15, -0.1) is 11.3 Å². The van der Waals surface area contributed by atoms with Gasteiger partial charge in [0, 0.05) is 58.0 Å². The number of amides is 1. The highest BCUT2D eigenvalue weighted by Gasteiger charge is 2.20. The van der Waals surface area contributed by atoms with Gasteiger partial charge in [-0.25, -0.2) is 0 Å². The van der Waals surface area contributed by atoms with Crippen molar-refractivity contribution < 1.29 is 9.32 Å². The van der Waals surface area contributed by atoms with Crippen molar-refractivity contribution in [3.05, 3.63) is 41.9 Å². The number of aromatic nitrogens is 4. The van der Waals surface area contributed by atoms with Crippen LogP contribution in [-0.2, 0) is 17.8 Å². The van der Waals surface area contributed by atoms with Crippen molar-refractivity contribution >= 4 is 17.2 Å². The van der Waals surface area contributed by atoms with Crippen LogP contribution < -0.4 is 0 Å². The van der Waals surface area contributed by atoms with Crippen molar-refractivity contribution in [2.75, 3.05) is 32.7 Å². The van der Waals surface area contributed by atoms with Crippen LogP contribution in [0, 0.1) is 0 Å². The summed E-state index contributed by atoms with van der Waals surface area (Å²) in [6.07, 6.45) is 5.88. The monoisotopic (exact) mass is 400 g/mol. The standard InChI is InChI=1S/C19H24N6O2S/c26-18(6-10-25-9-3-7-20-25)24-13-11-23(12-14-24)8-1-5-17-21-19(22-27-17)16-4-2-15-28-16/h2-4,7,9,15H,1,5-6,8,10-14H2. The molecule has 148 valence electrons.